The molecular weight excluding hydrogens is 409 g/mol. The van der Waals surface area contributed by atoms with Crippen molar-refractivity contribution in [2.75, 3.05) is 10.6 Å². The first-order valence-corrected chi connectivity index (χ1v) is 9.85. The van der Waals surface area contributed by atoms with E-state index in [1.54, 1.807) is 6.20 Å². The van der Waals surface area contributed by atoms with Gasteiger partial charge < -0.3 is 15.6 Å². The Kier molecular flexibility index (Phi) is 5.51. The minimum absolute atomic E-state index is 0.414. The van der Waals surface area contributed by atoms with Crippen molar-refractivity contribution in [1.29, 1.82) is 0 Å². The summed E-state index contributed by atoms with van der Waals surface area (Å²) in [5, 5.41) is 7.21. The van der Waals surface area contributed by atoms with Crippen molar-refractivity contribution in [3.63, 3.8) is 0 Å². The normalized spacial score (nSPS) is 11.2. The van der Waals surface area contributed by atoms with Gasteiger partial charge in [-0.1, -0.05) is 43.1 Å². The Labute approximate surface area is 177 Å². The lowest BCUT2D eigenvalue weighted by Gasteiger charge is -2.08. The van der Waals surface area contributed by atoms with Crippen molar-refractivity contribution in [1.82, 2.24) is 24.9 Å². The Hall–Kier alpha value is -2.90. The van der Waals surface area contributed by atoms with Gasteiger partial charge >= 0.3 is 0 Å². The van der Waals surface area contributed by atoms with E-state index in [0.717, 1.165) is 22.5 Å². The number of halogens is 2. The molecular formula is C20H19Cl2N7. The molecule has 4 aromatic heterocycles. The second kappa shape index (κ2) is 8.23. The zero-order valence-electron chi connectivity index (χ0n) is 15.9. The molecule has 0 aromatic carbocycles. The molecule has 7 nitrogen and oxygen atoms in total. The molecule has 0 aliphatic carbocycles. The van der Waals surface area contributed by atoms with Crippen molar-refractivity contribution in [3.8, 4) is 0 Å². The van der Waals surface area contributed by atoms with Crippen LogP contribution in [-0.4, -0.2) is 24.9 Å². The molecule has 0 atom stereocenters. The molecule has 0 amide bonds. The van der Waals surface area contributed by atoms with Crippen LogP contribution in [0, 0.1) is 0 Å². The number of fused-ring (bicyclic) bond motifs is 1. The summed E-state index contributed by atoms with van der Waals surface area (Å²) < 4.78 is 0. The average Bonchev–Trinajstić information content (AvgIpc) is 3.11. The molecule has 0 fully saturated rings. The Morgan fingerprint density at radius 1 is 1.03 bits per heavy atom. The maximum atomic E-state index is 6.15. The van der Waals surface area contributed by atoms with Crippen LogP contribution in [0.1, 0.15) is 31.0 Å². The molecule has 3 N–H and O–H groups in total. The Balaban J connectivity index is 1.48. The predicted molar refractivity (Wildman–Crippen MR) is 117 cm³/mol. The van der Waals surface area contributed by atoms with E-state index in [-0.39, 0.29) is 0 Å². The number of rotatable bonds is 6. The highest BCUT2D eigenvalue weighted by atomic mass is 35.5. The Morgan fingerprint density at radius 3 is 2.52 bits per heavy atom. The molecule has 0 spiro atoms. The van der Waals surface area contributed by atoms with Crippen LogP contribution in [-0.2, 0) is 6.54 Å². The molecule has 29 heavy (non-hydrogen) atoms. The largest absolute Gasteiger partial charge is 0.364 e. The number of aromatic amines is 1. The molecule has 0 saturated heterocycles. The fraction of sp³-hybridized carbons (Fsp3) is 0.200. The Morgan fingerprint density at radius 2 is 1.83 bits per heavy atom. The lowest BCUT2D eigenvalue weighted by Crippen LogP contribution is -2.03. The minimum atomic E-state index is 0.414. The van der Waals surface area contributed by atoms with E-state index in [0.29, 0.717) is 34.1 Å². The highest BCUT2D eigenvalue weighted by Crippen LogP contribution is 2.31. The third-order valence-electron chi connectivity index (χ3n) is 4.42. The van der Waals surface area contributed by atoms with Crippen LogP contribution in [0.25, 0.3) is 11.0 Å². The number of anilines is 3. The molecule has 0 radical (unpaired) electrons. The second-order valence-electron chi connectivity index (χ2n) is 6.87. The van der Waals surface area contributed by atoms with E-state index in [4.69, 9.17) is 23.2 Å². The first-order valence-electron chi connectivity index (χ1n) is 9.10. The summed E-state index contributed by atoms with van der Waals surface area (Å²) in [5.74, 6) is 1.79. The summed E-state index contributed by atoms with van der Waals surface area (Å²) in [6.07, 6.45) is 6.68. The van der Waals surface area contributed by atoms with E-state index in [9.17, 15) is 0 Å². The fourth-order valence-electron chi connectivity index (χ4n) is 2.79. The quantitative estimate of drug-likeness (QED) is 0.374. The van der Waals surface area contributed by atoms with Gasteiger partial charge in [0.2, 0.25) is 5.95 Å². The molecule has 0 aliphatic heterocycles. The van der Waals surface area contributed by atoms with Gasteiger partial charge in [0, 0.05) is 18.6 Å². The van der Waals surface area contributed by atoms with Crippen molar-refractivity contribution in [2.24, 2.45) is 0 Å². The summed E-state index contributed by atoms with van der Waals surface area (Å²) in [5.41, 5.74) is 4.19. The number of nitrogens with zero attached hydrogens (tertiary/aromatic N) is 4. The van der Waals surface area contributed by atoms with Gasteiger partial charge in [-0.2, -0.15) is 0 Å². The van der Waals surface area contributed by atoms with Gasteiger partial charge in [-0.05, 0) is 23.6 Å². The average molecular weight is 428 g/mol. The van der Waals surface area contributed by atoms with Crippen molar-refractivity contribution >= 4 is 51.7 Å². The van der Waals surface area contributed by atoms with Gasteiger partial charge in [0.05, 0.1) is 45.2 Å². The van der Waals surface area contributed by atoms with Crippen molar-refractivity contribution in [2.45, 2.75) is 26.3 Å². The number of nitrogens with one attached hydrogen (secondary N) is 3. The molecule has 9 heteroatoms. The maximum Gasteiger partial charge on any atom is 0.205 e. The highest BCUT2D eigenvalue weighted by molar-refractivity contribution is 6.39. The SMILES string of the molecule is CC(C)c1ccc(NCc2cc3nc(Nc4c(Cl)cncc4Cl)[nH]c3cn2)nc1. The van der Waals surface area contributed by atoms with E-state index in [2.05, 4.69) is 55.5 Å². The number of H-pyrrole nitrogens is 1. The van der Waals surface area contributed by atoms with Crippen LogP contribution in [0.3, 0.4) is 0 Å². The molecule has 0 bridgehead atoms. The van der Waals surface area contributed by atoms with Gasteiger partial charge in [-0.15, -0.1) is 0 Å². The van der Waals surface area contributed by atoms with Crippen LogP contribution >= 0.6 is 23.2 Å². The predicted octanol–water partition coefficient (Wildman–Crippen LogP) is 5.53. The number of pyridine rings is 3. The van der Waals surface area contributed by atoms with Gasteiger partial charge in [-0.3, -0.25) is 9.97 Å². The minimum Gasteiger partial charge on any atom is -0.364 e. The molecule has 0 unspecified atom stereocenters. The first kappa shape index (κ1) is 19.4. The van der Waals surface area contributed by atoms with Crippen LogP contribution in [0.4, 0.5) is 17.5 Å². The summed E-state index contributed by atoms with van der Waals surface area (Å²) in [4.78, 5) is 20.6. The molecule has 0 saturated carbocycles. The van der Waals surface area contributed by atoms with Gasteiger partial charge in [0.15, 0.2) is 0 Å². The van der Waals surface area contributed by atoms with E-state index in [1.165, 1.54) is 18.0 Å². The van der Waals surface area contributed by atoms with Crippen molar-refractivity contribution < 1.29 is 0 Å². The highest BCUT2D eigenvalue weighted by Gasteiger charge is 2.10. The standard InChI is InChI=1S/C20H19Cl2N7/c1-11(2)12-3-4-18(25-6-12)26-7-13-5-16-17(10-24-13)28-20(27-16)29-19-14(21)8-23-9-15(19)22/h3-6,8-11H,7H2,1-2H3,(H,25,26)(H2,23,27,28,29). The monoisotopic (exact) mass is 427 g/mol. The van der Waals surface area contributed by atoms with Crippen LogP contribution in [0.15, 0.2) is 43.0 Å². The zero-order valence-corrected chi connectivity index (χ0v) is 17.4. The lowest BCUT2D eigenvalue weighted by atomic mass is 10.1. The number of aromatic nitrogens is 5. The molecule has 4 aromatic rings. The Bertz CT molecular complexity index is 1120. The van der Waals surface area contributed by atoms with E-state index >= 15 is 0 Å². The summed E-state index contributed by atoms with van der Waals surface area (Å²) in [6, 6.07) is 5.98. The van der Waals surface area contributed by atoms with Crippen LogP contribution < -0.4 is 10.6 Å². The maximum absolute atomic E-state index is 6.15. The van der Waals surface area contributed by atoms with Gasteiger partial charge in [0.1, 0.15) is 5.82 Å². The second-order valence-corrected chi connectivity index (χ2v) is 7.68. The summed E-state index contributed by atoms with van der Waals surface area (Å²) in [6.45, 7) is 4.83. The van der Waals surface area contributed by atoms with Gasteiger partial charge in [-0.25, -0.2) is 9.97 Å². The molecule has 4 heterocycles. The van der Waals surface area contributed by atoms with Crippen molar-refractivity contribution in [3.05, 3.63) is 64.3 Å². The van der Waals surface area contributed by atoms with Crippen LogP contribution in [0.2, 0.25) is 10.0 Å². The van der Waals surface area contributed by atoms with E-state index in [1.807, 2.05) is 18.3 Å². The topological polar surface area (TPSA) is 91.4 Å². The number of imidazole rings is 1. The van der Waals surface area contributed by atoms with Crippen LogP contribution in [0.5, 0.6) is 0 Å². The molecule has 4 rings (SSSR count). The number of hydrogen-bond acceptors (Lipinski definition) is 6. The number of hydrogen-bond donors (Lipinski definition) is 3. The third kappa shape index (κ3) is 4.41. The first-order chi connectivity index (χ1) is 14.0. The zero-order chi connectivity index (χ0) is 20.4. The molecule has 0 aliphatic rings. The summed E-state index contributed by atoms with van der Waals surface area (Å²) in [7, 11) is 0. The third-order valence-corrected chi connectivity index (χ3v) is 5.00. The molecule has 148 valence electrons. The smallest absolute Gasteiger partial charge is 0.205 e. The lowest BCUT2D eigenvalue weighted by molar-refractivity contribution is 0.857. The summed E-state index contributed by atoms with van der Waals surface area (Å²) >= 11 is 12.3. The van der Waals surface area contributed by atoms with Gasteiger partial charge in [0.25, 0.3) is 0 Å². The fourth-order valence-corrected chi connectivity index (χ4v) is 3.25. The van der Waals surface area contributed by atoms with E-state index < -0.39 is 0 Å².